The van der Waals surface area contributed by atoms with Gasteiger partial charge in [0.25, 0.3) is 0 Å². The van der Waals surface area contributed by atoms with Crippen LogP contribution >= 0.6 is 0 Å². The number of aliphatic hydroxyl groups excluding tert-OH is 1. The molecule has 4 atom stereocenters. The molecule has 2 rings (SSSR count). The molecule has 1 fully saturated rings. The zero-order valence-electron chi connectivity index (χ0n) is 13.2. The lowest BCUT2D eigenvalue weighted by Crippen LogP contribution is -2.24. The number of hydrogen-bond donors (Lipinski definition) is 1. The van der Waals surface area contributed by atoms with E-state index in [1.807, 2.05) is 25.1 Å². The van der Waals surface area contributed by atoms with Gasteiger partial charge in [-0.1, -0.05) is 44.2 Å². The average Bonchev–Trinajstić information content (AvgIpc) is 2.96. The first-order valence-electron chi connectivity index (χ1n) is 8.14. The van der Waals surface area contributed by atoms with Crippen LogP contribution in [0.2, 0.25) is 0 Å². The fraction of sp³-hybridized carbons (Fsp3) is 0.667. The molecule has 0 bridgehead atoms. The Morgan fingerprint density at radius 3 is 2.76 bits per heavy atom. The number of aliphatic hydroxyl groups is 1. The van der Waals surface area contributed by atoms with Crippen molar-refractivity contribution in [3.05, 3.63) is 35.9 Å². The molecule has 0 spiro atoms. The van der Waals surface area contributed by atoms with E-state index in [4.69, 9.17) is 9.47 Å². The van der Waals surface area contributed by atoms with Gasteiger partial charge in [0.15, 0.2) is 0 Å². The highest BCUT2D eigenvalue weighted by molar-refractivity contribution is 5.13. The van der Waals surface area contributed by atoms with Crippen molar-refractivity contribution in [2.45, 2.75) is 64.4 Å². The lowest BCUT2D eigenvalue weighted by Gasteiger charge is -2.21. The summed E-state index contributed by atoms with van der Waals surface area (Å²) in [5, 5.41) is 9.71. The summed E-state index contributed by atoms with van der Waals surface area (Å²) >= 11 is 0. The van der Waals surface area contributed by atoms with Crippen molar-refractivity contribution in [2.75, 3.05) is 6.61 Å². The van der Waals surface area contributed by atoms with Gasteiger partial charge in [0.05, 0.1) is 31.5 Å². The first kappa shape index (κ1) is 16.5. The molecule has 0 amide bonds. The minimum absolute atomic E-state index is 0.224. The second kappa shape index (κ2) is 8.52. The van der Waals surface area contributed by atoms with Crippen molar-refractivity contribution in [1.29, 1.82) is 0 Å². The molecule has 3 nitrogen and oxygen atoms in total. The lowest BCUT2D eigenvalue weighted by atomic mass is 10.0. The van der Waals surface area contributed by atoms with Crippen molar-refractivity contribution in [3.63, 3.8) is 0 Å². The third-order valence-corrected chi connectivity index (χ3v) is 4.27. The summed E-state index contributed by atoms with van der Waals surface area (Å²) in [6, 6.07) is 10.2. The normalized spacial score (nSPS) is 24.9. The molecular weight excluding hydrogens is 264 g/mol. The molecule has 0 unspecified atom stereocenters. The molecule has 1 aliphatic rings. The highest BCUT2D eigenvalue weighted by Crippen LogP contribution is 2.28. The molecule has 0 saturated carbocycles. The maximum atomic E-state index is 9.71. The zero-order chi connectivity index (χ0) is 15.1. The van der Waals surface area contributed by atoms with Crippen LogP contribution in [-0.2, 0) is 16.1 Å². The summed E-state index contributed by atoms with van der Waals surface area (Å²) in [4.78, 5) is 0. The molecule has 1 heterocycles. The maximum Gasteiger partial charge on any atom is 0.0717 e. The summed E-state index contributed by atoms with van der Waals surface area (Å²) in [5.41, 5.74) is 1.21. The van der Waals surface area contributed by atoms with E-state index in [1.165, 1.54) is 5.56 Å². The molecule has 1 saturated heterocycles. The van der Waals surface area contributed by atoms with Crippen LogP contribution in [0.4, 0.5) is 0 Å². The van der Waals surface area contributed by atoms with Gasteiger partial charge in [-0.05, 0) is 31.2 Å². The van der Waals surface area contributed by atoms with Crippen LogP contribution in [0, 0.1) is 5.92 Å². The van der Waals surface area contributed by atoms with Gasteiger partial charge in [0, 0.05) is 5.92 Å². The predicted octanol–water partition coefficient (Wildman–Crippen LogP) is 3.55. The van der Waals surface area contributed by atoms with E-state index in [9.17, 15) is 5.11 Å². The summed E-state index contributed by atoms with van der Waals surface area (Å²) in [5.74, 6) is 0.400. The maximum absolute atomic E-state index is 9.71. The monoisotopic (exact) mass is 292 g/mol. The Balaban J connectivity index is 1.66. The summed E-state index contributed by atoms with van der Waals surface area (Å²) in [6.45, 7) is 5.59. The van der Waals surface area contributed by atoms with Crippen LogP contribution in [0.3, 0.4) is 0 Å². The van der Waals surface area contributed by atoms with E-state index in [0.717, 1.165) is 32.3 Å². The van der Waals surface area contributed by atoms with Gasteiger partial charge in [0.2, 0.25) is 0 Å². The van der Waals surface area contributed by atoms with E-state index in [-0.39, 0.29) is 18.3 Å². The number of rotatable bonds is 8. The van der Waals surface area contributed by atoms with Crippen LogP contribution in [0.25, 0.3) is 0 Å². The molecule has 1 aromatic carbocycles. The topological polar surface area (TPSA) is 38.7 Å². The van der Waals surface area contributed by atoms with Crippen LogP contribution in [0.5, 0.6) is 0 Å². The van der Waals surface area contributed by atoms with Crippen LogP contribution in [0.1, 0.15) is 45.1 Å². The minimum atomic E-state index is -0.224. The first-order valence-corrected chi connectivity index (χ1v) is 8.14. The molecule has 1 N–H and O–H groups in total. The van der Waals surface area contributed by atoms with Crippen LogP contribution in [0.15, 0.2) is 30.3 Å². The lowest BCUT2D eigenvalue weighted by molar-refractivity contribution is -0.0326. The molecule has 1 aliphatic heterocycles. The zero-order valence-corrected chi connectivity index (χ0v) is 13.2. The van der Waals surface area contributed by atoms with Gasteiger partial charge in [0.1, 0.15) is 0 Å². The Bertz CT molecular complexity index is 393. The molecule has 1 aromatic rings. The summed E-state index contributed by atoms with van der Waals surface area (Å²) in [6.07, 6.45) is 3.99. The molecular formula is C18H28O3. The SMILES string of the molecule is CC[C@@H](O)C[C@H]1CC[C@@H]([C@H](C)COCc2ccccc2)O1. The van der Waals surface area contributed by atoms with Crippen molar-refractivity contribution in [1.82, 2.24) is 0 Å². The van der Waals surface area contributed by atoms with E-state index in [2.05, 4.69) is 19.1 Å². The third-order valence-electron chi connectivity index (χ3n) is 4.27. The minimum Gasteiger partial charge on any atom is -0.393 e. The summed E-state index contributed by atoms with van der Waals surface area (Å²) < 4.78 is 11.9. The van der Waals surface area contributed by atoms with Gasteiger partial charge >= 0.3 is 0 Å². The first-order chi connectivity index (χ1) is 10.2. The molecule has 0 radical (unpaired) electrons. The Labute approximate surface area is 128 Å². The second-order valence-electron chi connectivity index (χ2n) is 6.15. The number of ether oxygens (including phenoxy) is 2. The molecule has 118 valence electrons. The van der Waals surface area contributed by atoms with Gasteiger partial charge in [-0.3, -0.25) is 0 Å². The molecule has 0 aliphatic carbocycles. The summed E-state index contributed by atoms with van der Waals surface area (Å²) in [7, 11) is 0. The fourth-order valence-electron chi connectivity index (χ4n) is 2.84. The third kappa shape index (κ3) is 5.42. The highest BCUT2D eigenvalue weighted by Gasteiger charge is 2.30. The fourth-order valence-corrected chi connectivity index (χ4v) is 2.84. The Hall–Kier alpha value is -0.900. The smallest absolute Gasteiger partial charge is 0.0717 e. The predicted molar refractivity (Wildman–Crippen MR) is 84.1 cm³/mol. The standard InChI is InChI=1S/C18H28O3/c1-3-16(19)11-17-9-10-18(21-17)14(2)12-20-13-15-7-5-4-6-8-15/h4-8,14,16-19H,3,9-13H2,1-2H3/t14-,16-,17-,18+/m1/s1. The average molecular weight is 292 g/mol. The molecule has 21 heavy (non-hydrogen) atoms. The van der Waals surface area contributed by atoms with Crippen molar-refractivity contribution in [2.24, 2.45) is 5.92 Å². The van der Waals surface area contributed by atoms with Gasteiger partial charge < -0.3 is 14.6 Å². The Morgan fingerprint density at radius 2 is 2.05 bits per heavy atom. The van der Waals surface area contributed by atoms with Crippen molar-refractivity contribution < 1.29 is 14.6 Å². The van der Waals surface area contributed by atoms with Gasteiger partial charge in [-0.25, -0.2) is 0 Å². The Morgan fingerprint density at radius 1 is 1.29 bits per heavy atom. The van der Waals surface area contributed by atoms with Crippen LogP contribution < -0.4 is 0 Å². The van der Waals surface area contributed by atoms with E-state index < -0.39 is 0 Å². The largest absolute Gasteiger partial charge is 0.393 e. The van der Waals surface area contributed by atoms with Crippen molar-refractivity contribution in [3.8, 4) is 0 Å². The van der Waals surface area contributed by atoms with Crippen LogP contribution in [-0.4, -0.2) is 30.0 Å². The van der Waals surface area contributed by atoms with E-state index in [0.29, 0.717) is 12.5 Å². The number of hydrogen-bond acceptors (Lipinski definition) is 3. The molecule has 0 aromatic heterocycles. The number of benzene rings is 1. The highest BCUT2D eigenvalue weighted by atomic mass is 16.5. The van der Waals surface area contributed by atoms with Gasteiger partial charge in [-0.2, -0.15) is 0 Å². The van der Waals surface area contributed by atoms with Crippen molar-refractivity contribution >= 4 is 0 Å². The van der Waals surface area contributed by atoms with Gasteiger partial charge in [-0.15, -0.1) is 0 Å². The van der Waals surface area contributed by atoms with E-state index >= 15 is 0 Å². The Kier molecular flexibility index (Phi) is 6.68. The molecule has 3 heteroatoms. The second-order valence-corrected chi connectivity index (χ2v) is 6.15. The van der Waals surface area contributed by atoms with E-state index in [1.54, 1.807) is 0 Å². The quantitative estimate of drug-likeness (QED) is 0.796.